The molecule has 0 bridgehead atoms. The van der Waals surface area contributed by atoms with Gasteiger partial charge in [-0.3, -0.25) is 0 Å². The first-order valence-electron chi connectivity index (χ1n) is 9.05. The van der Waals surface area contributed by atoms with Crippen LogP contribution in [0.25, 0.3) is 22.6 Å². The van der Waals surface area contributed by atoms with Crippen molar-refractivity contribution in [2.45, 2.75) is 6.61 Å². The van der Waals surface area contributed by atoms with Crippen LogP contribution in [0.15, 0.2) is 48.5 Å². The fourth-order valence-electron chi connectivity index (χ4n) is 3.17. The van der Waals surface area contributed by atoms with Crippen molar-refractivity contribution in [2.24, 2.45) is 0 Å². The van der Waals surface area contributed by atoms with Crippen molar-refractivity contribution >= 4 is 38.6 Å². The van der Waals surface area contributed by atoms with E-state index in [2.05, 4.69) is 27.8 Å². The summed E-state index contributed by atoms with van der Waals surface area (Å²) in [7, 11) is 0. The number of hydrogen-bond acceptors (Lipinski definition) is 5. The van der Waals surface area contributed by atoms with Crippen LogP contribution >= 0.6 is 11.6 Å². The fourth-order valence-corrected chi connectivity index (χ4v) is 3.82. The maximum atomic E-state index is 9.57. The van der Waals surface area contributed by atoms with Crippen LogP contribution in [0, 0.1) is 0 Å². The monoisotopic (exact) mass is 455 g/mol. The molecule has 1 aromatic heterocycles. The molecule has 1 fully saturated rings. The van der Waals surface area contributed by atoms with Crippen molar-refractivity contribution in [2.75, 3.05) is 31.2 Å². The van der Waals surface area contributed by atoms with Gasteiger partial charge >= 0.3 is 178 Å². The zero-order chi connectivity index (χ0) is 19.5. The van der Waals surface area contributed by atoms with E-state index in [1.165, 1.54) is 0 Å². The molecule has 2 aromatic carbocycles. The molecule has 0 aliphatic carbocycles. The van der Waals surface area contributed by atoms with Crippen LogP contribution in [-0.4, -0.2) is 58.2 Å². The average molecular weight is 456 g/mol. The van der Waals surface area contributed by atoms with Crippen LogP contribution in [-0.2, 0) is 11.3 Å². The van der Waals surface area contributed by atoms with E-state index in [1.807, 2.05) is 36.4 Å². The number of hydrogen-bond donors (Lipinski definition) is 1. The van der Waals surface area contributed by atoms with Crippen molar-refractivity contribution in [1.82, 2.24) is 9.97 Å². The molecule has 1 N–H and O–H groups in total. The second kappa shape index (κ2) is 8.62. The topological polar surface area (TPSA) is 58.5 Å². The number of rotatable bonds is 4. The number of morpholine rings is 1. The number of aliphatic hydroxyl groups is 1. The van der Waals surface area contributed by atoms with Crippen LogP contribution in [0.4, 0.5) is 5.82 Å². The van der Waals surface area contributed by atoms with Gasteiger partial charge in [0.25, 0.3) is 0 Å². The van der Waals surface area contributed by atoms with E-state index in [9.17, 15) is 5.11 Å². The molecule has 2 heterocycles. The van der Waals surface area contributed by atoms with Gasteiger partial charge in [-0.1, -0.05) is 0 Å². The summed E-state index contributed by atoms with van der Waals surface area (Å²) in [6, 6.07) is 15.7. The standard InChI is InChI=1S/C21H19AsClN3O2/c22-17-3-1-2-15(11-17)21-24-19(14-4-5-18(23)16(10-14)13-27)12-20(25-21)26-6-8-28-9-7-26/h1-5,10-12,27H,6-9,13H2. The van der Waals surface area contributed by atoms with Crippen molar-refractivity contribution in [3.05, 3.63) is 59.1 Å². The molecule has 0 saturated carbocycles. The quantitative estimate of drug-likeness (QED) is 0.613. The molecule has 0 spiro atoms. The first-order valence-corrected chi connectivity index (χ1v) is 10.4. The number of halogens is 1. The summed E-state index contributed by atoms with van der Waals surface area (Å²) in [6.45, 7) is 2.85. The van der Waals surface area contributed by atoms with E-state index in [4.69, 9.17) is 26.3 Å². The molecule has 0 unspecified atom stereocenters. The molecule has 1 aliphatic heterocycles. The molecule has 142 valence electrons. The van der Waals surface area contributed by atoms with E-state index in [0.29, 0.717) is 29.6 Å². The first kappa shape index (κ1) is 19.4. The predicted molar refractivity (Wildman–Crippen MR) is 112 cm³/mol. The third kappa shape index (κ3) is 4.23. The van der Waals surface area contributed by atoms with Gasteiger partial charge in [-0.2, -0.15) is 0 Å². The van der Waals surface area contributed by atoms with Gasteiger partial charge in [0.1, 0.15) is 0 Å². The van der Waals surface area contributed by atoms with E-state index < -0.39 is 0 Å². The molecular formula is C21H19AsClN3O2. The first-order chi connectivity index (χ1) is 13.6. The summed E-state index contributed by atoms with van der Waals surface area (Å²) < 4.78 is 6.58. The molecule has 7 heteroatoms. The molecule has 1 saturated heterocycles. The van der Waals surface area contributed by atoms with Gasteiger partial charge < -0.3 is 0 Å². The SMILES string of the molecule is OCc1cc(-c2cc(N3CCOCC3)nc(-c3cccc([As])c3)n2)ccc1Cl. The van der Waals surface area contributed by atoms with Crippen LogP contribution in [0.2, 0.25) is 5.02 Å². The van der Waals surface area contributed by atoms with Gasteiger partial charge in [-0.25, -0.2) is 0 Å². The molecule has 28 heavy (non-hydrogen) atoms. The molecule has 3 aromatic rings. The van der Waals surface area contributed by atoms with Gasteiger partial charge in [0.05, 0.1) is 0 Å². The molecular weight excluding hydrogens is 437 g/mol. The van der Waals surface area contributed by atoms with Crippen molar-refractivity contribution < 1.29 is 9.84 Å². The number of ether oxygens (including phenoxy) is 1. The number of aliphatic hydroxyl groups excluding tert-OH is 1. The Morgan fingerprint density at radius 1 is 1.04 bits per heavy atom. The molecule has 4 rings (SSSR count). The Morgan fingerprint density at radius 2 is 1.86 bits per heavy atom. The minimum absolute atomic E-state index is 0.114. The van der Waals surface area contributed by atoms with Crippen molar-refractivity contribution in [3.8, 4) is 22.6 Å². The van der Waals surface area contributed by atoms with E-state index in [-0.39, 0.29) is 6.61 Å². The summed E-state index contributed by atoms with van der Waals surface area (Å²) in [5.41, 5.74) is 3.34. The average Bonchev–Trinajstić information content (AvgIpc) is 2.74. The zero-order valence-corrected chi connectivity index (χ0v) is 17.8. The number of aromatic nitrogens is 2. The van der Waals surface area contributed by atoms with Crippen molar-refractivity contribution in [3.63, 3.8) is 0 Å². The summed E-state index contributed by atoms with van der Waals surface area (Å²) in [6.07, 6.45) is 0. The predicted octanol–water partition coefficient (Wildman–Crippen LogP) is 2.59. The Bertz CT molecular complexity index is 993. The molecule has 2 radical (unpaired) electrons. The van der Waals surface area contributed by atoms with Gasteiger partial charge in [0, 0.05) is 0 Å². The van der Waals surface area contributed by atoms with Crippen molar-refractivity contribution in [1.29, 1.82) is 0 Å². The zero-order valence-electron chi connectivity index (χ0n) is 15.2. The summed E-state index contributed by atoms with van der Waals surface area (Å²) in [5.74, 6) is 1.55. The van der Waals surface area contributed by atoms with Crippen LogP contribution in [0.5, 0.6) is 0 Å². The Hall–Kier alpha value is -1.91. The Kier molecular flexibility index (Phi) is 5.98. The minimum atomic E-state index is -0.114. The van der Waals surface area contributed by atoms with E-state index in [1.54, 1.807) is 6.07 Å². The Balaban J connectivity index is 1.84. The van der Waals surface area contributed by atoms with Crippen LogP contribution in [0.3, 0.4) is 0 Å². The third-order valence-corrected chi connectivity index (χ3v) is 5.62. The van der Waals surface area contributed by atoms with E-state index >= 15 is 0 Å². The van der Waals surface area contributed by atoms with Gasteiger partial charge in [-0.15, -0.1) is 0 Å². The number of anilines is 1. The normalized spacial score (nSPS) is 14.3. The number of nitrogens with zero attached hydrogens (tertiary/aromatic N) is 3. The second-order valence-corrected chi connectivity index (χ2v) is 8.04. The number of benzene rings is 2. The summed E-state index contributed by atoms with van der Waals surface area (Å²) >= 11 is 8.71. The van der Waals surface area contributed by atoms with Gasteiger partial charge in [0.2, 0.25) is 0 Å². The summed E-state index contributed by atoms with van der Waals surface area (Å²) in [5, 5.41) is 10.1. The van der Waals surface area contributed by atoms with Gasteiger partial charge in [0.15, 0.2) is 0 Å². The van der Waals surface area contributed by atoms with Gasteiger partial charge in [-0.05, 0) is 0 Å². The maximum absolute atomic E-state index is 9.57. The van der Waals surface area contributed by atoms with Crippen LogP contribution in [0.1, 0.15) is 5.56 Å². The Labute approximate surface area is 177 Å². The second-order valence-electron chi connectivity index (χ2n) is 6.55. The van der Waals surface area contributed by atoms with Crippen LogP contribution < -0.4 is 9.25 Å². The molecule has 5 nitrogen and oxygen atoms in total. The molecule has 0 atom stereocenters. The third-order valence-electron chi connectivity index (χ3n) is 4.66. The Morgan fingerprint density at radius 3 is 2.61 bits per heavy atom. The molecule has 1 aliphatic rings. The molecule has 0 amide bonds. The fraction of sp³-hybridized carbons (Fsp3) is 0.238. The summed E-state index contributed by atoms with van der Waals surface area (Å²) in [4.78, 5) is 11.9. The van der Waals surface area contributed by atoms with E-state index in [0.717, 1.165) is 40.1 Å².